The van der Waals surface area contributed by atoms with Crippen molar-refractivity contribution in [3.05, 3.63) is 71.0 Å². The predicted octanol–water partition coefficient (Wildman–Crippen LogP) is 4.52. The van der Waals surface area contributed by atoms with E-state index in [1.165, 1.54) is 12.0 Å². The maximum atomic E-state index is 13.1. The Morgan fingerprint density at radius 1 is 1.10 bits per heavy atom. The van der Waals surface area contributed by atoms with E-state index in [0.717, 1.165) is 54.2 Å². The number of methoxy groups -OCH3 is 1. The molecule has 1 amide bonds. The molecule has 2 aromatic carbocycles. The summed E-state index contributed by atoms with van der Waals surface area (Å²) in [4.78, 5) is 17.9. The summed E-state index contributed by atoms with van der Waals surface area (Å²) in [5, 5.41) is 3.04. The number of nitrogens with one attached hydrogen (secondary N) is 1. The van der Waals surface area contributed by atoms with Gasteiger partial charge in [0.05, 0.1) is 12.8 Å². The number of hydrogen-bond donors (Lipinski definition) is 1. The first-order valence-electron chi connectivity index (χ1n) is 10.2. The molecule has 3 aromatic rings. The molecule has 0 saturated carbocycles. The number of aryl methyl sites for hydroxylation is 1. The smallest absolute Gasteiger partial charge is 0.272 e. The van der Waals surface area contributed by atoms with E-state index in [9.17, 15) is 4.79 Å². The van der Waals surface area contributed by atoms with E-state index in [2.05, 4.69) is 41.1 Å². The molecule has 2 heterocycles. The van der Waals surface area contributed by atoms with E-state index in [0.29, 0.717) is 12.2 Å². The van der Waals surface area contributed by atoms with Crippen LogP contribution in [0.4, 0.5) is 0 Å². The van der Waals surface area contributed by atoms with E-state index in [-0.39, 0.29) is 5.91 Å². The number of aromatic nitrogens is 2. The van der Waals surface area contributed by atoms with Gasteiger partial charge in [-0.25, -0.2) is 4.98 Å². The number of fused-ring (bicyclic) bond motifs is 1. The second-order valence-corrected chi connectivity index (χ2v) is 7.55. The first-order valence-corrected chi connectivity index (χ1v) is 10.2. The normalized spacial score (nSPS) is 13.4. The second kappa shape index (κ2) is 8.52. The van der Waals surface area contributed by atoms with Crippen LogP contribution in [0.3, 0.4) is 0 Å². The number of carbonyl (C=O) groups is 1. The molecule has 4 rings (SSSR count). The molecule has 1 aromatic heterocycles. The molecule has 0 atom stereocenters. The van der Waals surface area contributed by atoms with Crippen molar-refractivity contribution in [2.24, 2.45) is 0 Å². The minimum absolute atomic E-state index is 0.125. The summed E-state index contributed by atoms with van der Waals surface area (Å²) in [6.45, 7) is 3.40. The molecular weight excluding hydrogens is 362 g/mol. The van der Waals surface area contributed by atoms with Gasteiger partial charge in [-0.15, -0.1) is 0 Å². The van der Waals surface area contributed by atoms with Gasteiger partial charge >= 0.3 is 0 Å². The number of para-hydroxylation sites is 1. The number of hydrogen-bond acceptors (Lipinski definition) is 3. The van der Waals surface area contributed by atoms with E-state index in [1.807, 2.05) is 24.3 Å². The number of nitrogens with zero attached hydrogens (tertiary/aromatic N) is 2. The highest BCUT2D eigenvalue weighted by molar-refractivity contribution is 5.94. The fraction of sp³-hybridized carbons (Fsp3) is 0.333. The van der Waals surface area contributed by atoms with Gasteiger partial charge in [-0.1, -0.05) is 54.4 Å². The zero-order chi connectivity index (χ0) is 20.2. The van der Waals surface area contributed by atoms with Gasteiger partial charge in [0.1, 0.15) is 17.3 Å². The summed E-state index contributed by atoms with van der Waals surface area (Å²) in [5.74, 6) is 1.54. The van der Waals surface area contributed by atoms with Gasteiger partial charge in [-0.05, 0) is 32.3 Å². The molecule has 1 aliphatic heterocycles. The Labute approximate surface area is 171 Å². The molecule has 29 heavy (non-hydrogen) atoms. The SMILES string of the molecule is COc1ccccc1CNC(=O)c1nc(-c2ccc(C)cc2)n2c1CCCCC2. The molecule has 5 heteroatoms. The molecule has 0 unspecified atom stereocenters. The van der Waals surface area contributed by atoms with Crippen molar-refractivity contribution in [3.8, 4) is 17.1 Å². The van der Waals surface area contributed by atoms with E-state index < -0.39 is 0 Å². The van der Waals surface area contributed by atoms with Crippen molar-refractivity contribution in [1.29, 1.82) is 0 Å². The fourth-order valence-electron chi connectivity index (χ4n) is 3.93. The van der Waals surface area contributed by atoms with Crippen molar-refractivity contribution in [2.75, 3.05) is 7.11 Å². The minimum atomic E-state index is -0.125. The Kier molecular flexibility index (Phi) is 5.65. The highest BCUT2D eigenvalue weighted by atomic mass is 16.5. The van der Waals surface area contributed by atoms with Crippen LogP contribution in [0, 0.1) is 6.92 Å². The van der Waals surface area contributed by atoms with Gasteiger partial charge in [0.25, 0.3) is 5.91 Å². The van der Waals surface area contributed by atoms with Gasteiger partial charge in [0, 0.05) is 24.2 Å². The van der Waals surface area contributed by atoms with Crippen LogP contribution < -0.4 is 10.1 Å². The zero-order valence-corrected chi connectivity index (χ0v) is 17.1. The summed E-state index contributed by atoms with van der Waals surface area (Å²) in [7, 11) is 1.64. The quantitative estimate of drug-likeness (QED) is 0.698. The number of imidazole rings is 1. The molecule has 0 aliphatic carbocycles. The monoisotopic (exact) mass is 389 g/mol. The second-order valence-electron chi connectivity index (χ2n) is 7.55. The van der Waals surface area contributed by atoms with Gasteiger partial charge in [0.15, 0.2) is 0 Å². The van der Waals surface area contributed by atoms with E-state index in [1.54, 1.807) is 7.11 Å². The topological polar surface area (TPSA) is 56.1 Å². The Morgan fingerprint density at radius 2 is 1.90 bits per heavy atom. The molecule has 5 nitrogen and oxygen atoms in total. The lowest BCUT2D eigenvalue weighted by atomic mass is 10.1. The average molecular weight is 389 g/mol. The van der Waals surface area contributed by atoms with Crippen molar-refractivity contribution < 1.29 is 9.53 Å². The number of rotatable bonds is 5. The summed E-state index contributed by atoms with van der Waals surface area (Å²) in [6, 6.07) is 16.1. The molecule has 0 radical (unpaired) electrons. The van der Waals surface area contributed by atoms with Crippen LogP contribution >= 0.6 is 0 Å². The molecule has 1 aliphatic rings. The van der Waals surface area contributed by atoms with Gasteiger partial charge < -0.3 is 14.6 Å². The van der Waals surface area contributed by atoms with Gasteiger partial charge in [0.2, 0.25) is 0 Å². The lowest BCUT2D eigenvalue weighted by molar-refractivity contribution is 0.0945. The summed E-state index contributed by atoms with van der Waals surface area (Å²) < 4.78 is 7.64. The van der Waals surface area contributed by atoms with Crippen molar-refractivity contribution in [1.82, 2.24) is 14.9 Å². The zero-order valence-electron chi connectivity index (χ0n) is 17.1. The Hall–Kier alpha value is -3.08. The molecule has 1 N–H and O–H groups in total. The Bertz CT molecular complexity index is 1010. The third-order valence-electron chi connectivity index (χ3n) is 5.52. The number of amides is 1. The lowest BCUT2D eigenvalue weighted by Gasteiger charge is -2.10. The highest BCUT2D eigenvalue weighted by Gasteiger charge is 2.24. The van der Waals surface area contributed by atoms with Crippen molar-refractivity contribution in [2.45, 2.75) is 45.7 Å². The highest BCUT2D eigenvalue weighted by Crippen LogP contribution is 2.27. The standard InChI is InChI=1S/C24H27N3O2/c1-17-11-13-18(14-12-17)23-26-22(20-9-4-3-7-15-27(20)23)24(28)25-16-19-8-5-6-10-21(19)29-2/h5-6,8,10-14H,3-4,7,9,15-16H2,1-2H3,(H,25,28). The van der Waals surface area contributed by atoms with Crippen molar-refractivity contribution in [3.63, 3.8) is 0 Å². The van der Waals surface area contributed by atoms with Crippen LogP contribution in [-0.4, -0.2) is 22.6 Å². The largest absolute Gasteiger partial charge is 0.496 e. The molecule has 0 fully saturated rings. The molecule has 150 valence electrons. The summed E-state index contributed by atoms with van der Waals surface area (Å²) in [6.07, 6.45) is 4.27. The van der Waals surface area contributed by atoms with Crippen LogP contribution in [0.25, 0.3) is 11.4 Å². The van der Waals surface area contributed by atoms with Crippen LogP contribution in [0.2, 0.25) is 0 Å². The summed E-state index contributed by atoms with van der Waals surface area (Å²) >= 11 is 0. The number of ether oxygens (including phenoxy) is 1. The third-order valence-corrected chi connectivity index (χ3v) is 5.52. The Morgan fingerprint density at radius 3 is 2.69 bits per heavy atom. The van der Waals surface area contributed by atoms with Gasteiger partial charge in [-0.3, -0.25) is 4.79 Å². The number of benzene rings is 2. The van der Waals surface area contributed by atoms with Crippen LogP contribution in [0.5, 0.6) is 5.75 Å². The maximum Gasteiger partial charge on any atom is 0.272 e. The lowest BCUT2D eigenvalue weighted by Crippen LogP contribution is -2.24. The molecule has 0 saturated heterocycles. The van der Waals surface area contributed by atoms with Gasteiger partial charge in [-0.2, -0.15) is 0 Å². The first-order chi connectivity index (χ1) is 14.2. The van der Waals surface area contributed by atoms with E-state index in [4.69, 9.17) is 9.72 Å². The average Bonchev–Trinajstić information content (AvgIpc) is 2.93. The fourth-order valence-corrected chi connectivity index (χ4v) is 3.93. The summed E-state index contributed by atoms with van der Waals surface area (Å²) in [5.41, 5.74) is 4.83. The third kappa shape index (κ3) is 4.04. The van der Waals surface area contributed by atoms with E-state index >= 15 is 0 Å². The molecule has 0 spiro atoms. The Balaban J connectivity index is 1.64. The maximum absolute atomic E-state index is 13.1. The predicted molar refractivity (Wildman–Crippen MR) is 114 cm³/mol. The van der Waals surface area contributed by atoms with Crippen LogP contribution in [0.15, 0.2) is 48.5 Å². The first kappa shape index (κ1) is 19.2. The van der Waals surface area contributed by atoms with Crippen LogP contribution in [0.1, 0.15) is 46.6 Å². The molecule has 0 bridgehead atoms. The minimum Gasteiger partial charge on any atom is -0.496 e. The van der Waals surface area contributed by atoms with Crippen molar-refractivity contribution >= 4 is 5.91 Å². The number of carbonyl (C=O) groups excluding carboxylic acids is 1. The van der Waals surface area contributed by atoms with Crippen LogP contribution in [-0.2, 0) is 19.5 Å². The molecular formula is C24H27N3O2.